The Morgan fingerprint density at radius 1 is 1.58 bits per heavy atom. The van der Waals surface area contributed by atoms with Crippen LogP contribution in [0.4, 0.5) is 0 Å². The van der Waals surface area contributed by atoms with Crippen LogP contribution in [-0.4, -0.2) is 42.2 Å². The molecule has 0 aliphatic carbocycles. The molecule has 5 heteroatoms. The first-order valence-corrected chi connectivity index (χ1v) is 6.76. The molecule has 0 fully saturated rings. The van der Waals surface area contributed by atoms with Crippen molar-refractivity contribution in [2.75, 3.05) is 26.3 Å². The van der Waals surface area contributed by atoms with Crippen LogP contribution in [0.15, 0.2) is 35.3 Å². The number of aryl methyl sites for hydroxylation is 1. The molecular formula is C14H18BrNO3. The van der Waals surface area contributed by atoms with Crippen LogP contribution in [-0.2, 0) is 4.79 Å². The van der Waals surface area contributed by atoms with Gasteiger partial charge in [0.25, 0.3) is 5.91 Å². The van der Waals surface area contributed by atoms with Crippen molar-refractivity contribution in [3.8, 4) is 5.75 Å². The van der Waals surface area contributed by atoms with Crippen molar-refractivity contribution in [2.45, 2.75) is 6.92 Å². The third-order valence-electron chi connectivity index (χ3n) is 2.51. The van der Waals surface area contributed by atoms with E-state index in [4.69, 9.17) is 9.84 Å². The van der Waals surface area contributed by atoms with Gasteiger partial charge in [-0.15, -0.1) is 6.58 Å². The van der Waals surface area contributed by atoms with Crippen LogP contribution in [0.25, 0.3) is 0 Å². The number of nitrogens with zero attached hydrogens (tertiary/aromatic N) is 1. The molecule has 0 aromatic heterocycles. The van der Waals surface area contributed by atoms with Crippen molar-refractivity contribution in [3.63, 3.8) is 0 Å². The molecule has 0 bridgehead atoms. The van der Waals surface area contributed by atoms with Crippen molar-refractivity contribution in [3.05, 3.63) is 40.9 Å². The molecule has 4 nitrogen and oxygen atoms in total. The maximum atomic E-state index is 11.9. The number of ether oxygens (including phenoxy) is 1. The van der Waals surface area contributed by atoms with Crippen LogP contribution in [0.2, 0.25) is 0 Å². The summed E-state index contributed by atoms with van der Waals surface area (Å²) in [6.45, 7) is 6.11. The Labute approximate surface area is 121 Å². The molecule has 0 aliphatic heterocycles. The maximum Gasteiger partial charge on any atom is 0.260 e. The molecule has 0 saturated carbocycles. The van der Waals surface area contributed by atoms with Crippen molar-refractivity contribution >= 4 is 21.8 Å². The van der Waals surface area contributed by atoms with E-state index in [1.807, 2.05) is 25.1 Å². The molecule has 0 spiro atoms. The van der Waals surface area contributed by atoms with E-state index < -0.39 is 0 Å². The molecule has 1 amide bonds. The second-order valence-electron chi connectivity index (χ2n) is 4.07. The average Bonchev–Trinajstić information content (AvgIpc) is 2.37. The van der Waals surface area contributed by atoms with Crippen LogP contribution < -0.4 is 4.74 Å². The molecule has 1 N–H and O–H groups in total. The van der Waals surface area contributed by atoms with E-state index in [2.05, 4.69) is 22.5 Å². The van der Waals surface area contributed by atoms with Gasteiger partial charge < -0.3 is 14.7 Å². The van der Waals surface area contributed by atoms with Crippen LogP contribution in [0.1, 0.15) is 5.56 Å². The minimum Gasteiger partial charge on any atom is -0.483 e. The number of aliphatic hydroxyl groups is 1. The molecule has 1 aromatic rings. The second kappa shape index (κ2) is 7.96. The highest BCUT2D eigenvalue weighted by atomic mass is 79.9. The first-order valence-electron chi connectivity index (χ1n) is 5.97. The lowest BCUT2D eigenvalue weighted by Crippen LogP contribution is -2.37. The number of benzene rings is 1. The summed E-state index contributed by atoms with van der Waals surface area (Å²) in [7, 11) is 0. The predicted octanol–water partition coefficient (Wildman–Crippen LogP) is 2.14. The van der Waals surface area contributed by atoms with Crippen molar-refractivity contribution < 1.29 is 14.6 Å². The van der Waals surface area contributed by atoms with E-state index in [-0.39, 0.29) is 25.7 Å². The molecule has 0 heterocycles. The van der Waals surface area contributed by atoms with E-state index >= 15 is 0 Å². The number of halogens is 1. The lowest BCUT2D eigenvalue weighted by atomic mass is 10.2. The first kappa shape index (κ1) is 15.7. The van der Waals surface area contributed by atoms with Crippen LogP contribution in [0.3, 0.4) is 0 Å². The molecule has 1 aromatic carbocycles. The fourth-order valence-electron chi connectivity index (χ4n) is 1.55. The molecular weight excluding hydrogens is 310 g/mol. The van der Waals surface area contributed by atoms with E-state index in [1.54, 1.807) is 6.08 Å². The van der Waals surface area contributed by atoms with Gasteiger partial charge in [0.05, 0.1) is 11.1 Å². The van der Waals surface area contributed by atoms with Gasteiger partial charge in [0, 0.05) is 13.1 Å². The highest BCUT2D eigenvalue weighted by Gasteiger charge is 2.13. The Morgan fingerprint density at radius 3 is 2.89 bits per heavy atom. The van der Waals surface area contributed by atoms with Gasteiger partial charge in [-0.1, -0.05) is 12.1 Å². The molecule has 104 valence electrons. The third-order valence-corrected chi connectivity index (χ3v) is 3.13. The normalized spacial score (nSPS) is 10.1. The molecule has 0 aliphatic rings. The van der Waals surface area contributed by atoms with Gasteiger partial charge in [0.15, 0.2) is 6.61 Å². The molecule has 0 saturated heterocycles. The number of rotatable bonds is 7. The SMILES string of the molecule is C=CCN(CCO)C(=O)COc1ccc(C)cc1Br. The van der Waals surface area contributed by atoms with Gasteiger partial charge in [0.2, 0.25) is 0 Å². The van der Waals surface area contributed by atoms with Gasteiger partial charge in [-0.3, -0.25) is 4.79 Å². The number of hydrogen-bond donors (Lipinski definition) is 1. The smallest absolute Gasteiger partial charge is 0.260 e. The molecule has 0 unspecified atom stereocenters. The van der Waals surface area contributed by atoms with Gasteiger partial charge in [-0.05, 0) is 40.5 Å². The van der Waals surface area contributed by atoms with Crippen LogP contribution in [0.5, 0.6) is 5.75 Å². The minimum absolute atomic E-state index is 0.0600. The Bertz CT molecular complexity index is 448. The van der Waals surface area contributed by atoms with Gasteiger partial charge in [-0.25, -0.2) is 0 Å². The lowest BCUT2D eigenvalue weighted by molar-refractivity contribution is -0.133. The standard InChI is InChI=1S/C14H18BrNO3/c1-3-6-16(7-8-17)14(18)10-19-13-5-4-11(2)9-12(13)15/h3-5,9,17H,1,6-8,10H2,2H3. The molecule has 19 heavy (non-hydrogen) atoms. The summed E-state index contributed by atoms with van der Waals surface area (Å²) in [6, 6.07) is 5.66. The molecule has 0 atom stereocenters. The number of amides is 1. The van der Waals surface area contributed by atoms with E-state index in [9.17, 15) is 4.79 Å². The quantitative estimate of drug-likeness (QED) is 0.780. The first-order chi connectivity index (χ1) is 9.08. The van der Waals surface area contributed by atoms with E-state index in [0.29, 0.717) is 12.3 Å². The summed E-state index contributed by atoms with van der Waals surface area (Å²) in [5.74, 6) is 0.447. The number of aliphatic hydroxyl groups excluding tert-OH is 1. The zero-order valence-corrected chi connectivity index (χ0v) is 12.5. The fraction of sp³-hybridized carbons (Fsp3) is 0.357. The summed E-state index contributed by atoms with van der Waals surface area (Å²) in [6.07, 6.45) is 1.62. The summed E-state index contributed by atoms with van der Waals surface area (Å²) in [5, 5.41) is 8.90. The van der Waals surface area contributed by atoms with Crippen molar-refractivity contribution in [1.29, 1.82) is 0 Å². The second-order valence-corrected chi connectivity index (χ2v) is 4.93. The number of hydrogen-bond acceptors (Lipinski definition) is 3. The lowest BCUT2D eigenvalue weighted by Gasteiger charge is -2.20. The Morgan fingerprint density at radius 2 is 2.32 bits per heavy atom. The topological polar surface area (TPSA) is 49.8 Å². The van der Waals surface area contributed by atoms with Crippen LogP contribution in [0, 0.1) is 6.92 Å². The Kier molecular flexibility index (Phi) is 6.59. The predicted molar refractivity (Wildman–Crippen MR) is 78.2 cm³/mol. The average molecular weight is 328 g/mol. The Balaban J connectivity index is 2.59. The van der Waals surface area contributed by atoms with Gasteiger partial charge in [-0.2, -0.15) is 0 Å². The van der Waals surface area contributed by atoms with Crippen molar-refractivity contribution in [2.24, 2.45) is 0 Å². The minimum atomic E-state index is -0.179. The summed E-state index contributed by atoms with van der Waals surface area (Å²) >= 11 is 3.39. The zero-order chi connectivity index (χ0) is 14.3. The van der Waals surface area contributed by atoms with Crippen molar-refractivity contribution in [1.82, 2.24) is 4.90 Å². The fourth-order valence-corrected chi connectivity index (χ4v) is 2.16. The number of carbonyl (C=O) groups is 1. The molecule has 0 radical (unpaired) electrons. The summed E-state index contributed by atoms with van der Waals surface area (Å²) in [5.41, 5.74) is 1.11. The van der Waals surface area contributed by atoms with Gasteiger partial charge >= 0.3 is 0 Å². The molecule has 1 rings (SSSR count). The maximum absolute atomic E-state index is 11.9. The highest BCUT2D eigenvalue weighted by Crippen LogP contribution is 2.25. The van der Waals surface area contributed by atoms with Crippen LogP contribution >= 0.6 is 15.9 Å². The summed E-state index contributed by atoms with van der Waals surface area (Å²) in [4.78, 5) is 13.4. The van der Waals surface area contributed by atoms with E-state index in [0.717, 1.165) is 10.0 Å². The zero-order valence-electron chi connectivity index (χ0n) is 10.9. The summed E-state index contributed by atoms with van der Waals surface area (Å²) < 4.78 is 6.29. The van der Waals surface area contributed by atoms with Gasteiger partial charge in [0.1, 0.15) is 5.75 Å². The monoisotopic (exact) mass is 327 g/mol. The van der Waals surface area contributed by atoms with E-state index in [1.165, 1.54) is 4.90 Å². The third kappa shape index (κ3) is 5.04. The largest absolute Gasteiger partial charge is 0.483 e. The Hall–Kier alpha value is -1.33. The number of carbonyl (C=O) groups excluding carboxylic acids is 1. The highest BCUT2D eigenvalue weighted by molar-refractivity contribution is 9.10.